The summed E-state index contributed by atoms with van der Waals surface area (Å²) in [6, 6.07) is 5.58. The molecule has 1 aromatic rings. The Labute approximate surface area is 138 Å². The summed E-state index contributed by atoms with van der Waals surface area (Å²) < 4.78 is 13.1. The Morgan fingerprint density at radius 2 is 2.04 bits per heavy atom. The molecule has 0 radical (unpaired) electrons. The van der Waals surface area contributed by atoms with Crippen LogP contribution >= 0.6 is 11.8 Å². The number of aliphatic imine (C=N–C) groups is 1. The second-order valence-corrected chi connectivity index (χ2v) is 7.73. The molecular weight excluding hydrogens is 315 g/mol. The van der Waals surface area contributed by atoms with Crippen molar-refractivity contribution >= 4 is 29.1 Å². The molecule has 0 amide bonds. The molecule has 1 unspecified atom stereocenters. The quantitative estimate of drug-likeness (QED) is 0.880. The van der Waals surface area contributed by atoms with E-state index in [2.05, 4.69) is 24.2 Å². The number of carboxylic acid groups (broad SMARTS) is 1. The Bertz CT molecular complexity index is 695. The van der Waals surface area contributed by atoms with Gasteiger partial charge in [0.2, 0.25) is 0 Å². The van der Waals surface area contributed by atoms with Crippen molar-refractivity contribution in [2.24, 2.45) is 10.4 Å². The Hall–Kier alpha value is -1.82. The number of nitrogens with one attached hydrogen (secondary N) is 1. The van der Waals surface area contributed by atoms with E-state index in [9.17, 15) is 14.3 Å². The van der Waals surface area contributed by atoms with Gasteiger partial charge in [-0.25, -0.2) is 9.18 Å². The highest BCUT2D eigenvalue weighted by atomic mass is 32.2. The van der Waals surface area contributed by atoms with Gasteiger partial charge in [-0.2, -0.15) is 0 Å². The summed E-state index contributed by atoms with van der Waals surface area (Å²) in [7, 11) is 0. The third-order valence-electron chi connectivity index (χ3n) is 3.96. The minimum atomic E-state index is -0.875. The summed E-state index contributed by atoms with van der Waals surface area (Å²) >= 11 is 1.55. The van der Waals surface area contributed by atoms with Crippen LogP contribution in [-0.4, -0.2) is 28.6 Å². The van der Waals surface area contributed by atoms with Crippen LogP contribution in [0, 0.1) is 11.2 Å². The van der Waals surface area contributed by atoms with Gasteiger partial charge in [-0.1, -0.05) is 13.8 Å². The average molecular weight is 334 g/mol. The molecule has 23 heavy (non-hydrogen) atoms. The van der Waals surface area contributed by atoms with E-state index in [1.807, 2.05) is 0 Å². The van der Waals surface area contributed by atoms with Gasteiger partial charge in [0.05, 0.1) is 5.71 Å². The maximum absolute atomic E-state index is 13.1. The van der Waals surface area contributed by atoms with Crippen LogP contribution < -0.4 is 5.32 Å². The SMILES string of the molecule is CC1(C)CC2=NC(C(=O)O)CSC2=C(Nc2ccc(F)cc2)C1. The monoisotopic (exact) mass is 334 g/mol. The summed E-state index contributed by atoms with van der Waals surface area (Å²) in [5, 5.41) is 12.6. The molecule has 4 nitrogen and oxygen atoms in total. The molecule has 1 atom stereocenters. The summed E-state index contributed by atoms with van der Waals surface area (Å²) in [5.41, 5.74) is 2.74. The lowest BCUT2D eigenvalue weighted by Crippen LogP contribution is -2.34. The summed E-state index contributed by atoms with van der Waals surface area (Å²) in [6.45, 7) is 4.29. The number of fused-ring (bicyclic) bond motifs is 1. The van der Waals surface area contributed by atoms with Gasteiger partial charge in [0, 0.05) is 22.0 Å². The van der Waals surface area contributed by atoms with E-state index >= 15 is 0 Å². The zero-order valence-corrected chi connectivity index (χ0v) is 13.9. The van der Waals surface area contributed by atoms with Crippen molar-refractivity contribution in [3.8, 4) is 0 Å². The van der Waals surface area contributed by atoms with Crippen molar-refractivity contribution in [3.63, 3.8) is 0 Å². The van der Waals surface area contributed by atoms with Gasteiger partial charge in [-0.15, -0.1) is 11.8 Å². The topological polar surface area (TPSA) is 61.7 Å². The van der Waals surface area contributed by atoms with Gasteiger partial charge in [-0.05, 0) is 42.5 Å². The van der Waals surface area contributed by atoms with Gasteiger partial charge < -0.3 is 10.4 Å². The van der Waals surface area contributed by atoms with E-state index < -0.39 is 12.0 Å². The lowest BCUT2D eigenvalue weighted by molar-refractivity contribution is -0.137. The normalized spacial score (nSPS) is 23.1. The molecule has 0 spiro atoms. The highest BCUT2D eigenvalue weighted by Gasteiger charge is 2.36. The van der Waals surface area contributed by atoms with Crippen LogP contribution in [0.25, 0.3) is 0 Å². The van der Waals surface area contributed by atoms with E-state index in [4.69, 9.17) is 0 Å². The fourth-order valence-electron chi connectivity index (χ4n) is 2.93. The highest BCUT2D eigenvalue weighted by molar-refractivity contribution is 8.04. The maximum Gasteiger partial charge on any atom is 0.329 e. The maximum atomic E-state index is 13.1. The first-order valence-electron chi connectivity index (χ1n) is 7.52. The number of allylic oxidation sites excluding steroid dienone is 2. The fourth-order valence-corrected chi connectivity index (χ4v) is 4.06. The van der Waals surface area contributed by atoms with E-state index in [1.54, 1.807) is 23.9 Å². The number of anilines is 1. The summed E-state index contributed by atoms with van der Waals surface area (Å²) in [5.74, 6) is -0.695. The molecule has 0 bridgehead atoms. The zero-order valence-electron chi connectivity index (χ0n) is 13.1. The second kappa shape index (κ2) is 6.00. The van der Waals surface area contributed by atoms with Gasteiger partial charge in [0.25, 0.3) is 0 Å². The number of hydrogen-bond acceptors (Lipinski definition) is 4. The van der Waals surface area contributed by atoms with E-state index in [1.165, 1.54) is 12.1 Å². The number of carbonyl (C=O) groups is 1. The number of rotatable bonds is 3. The Morgan fingerprint density at radius 3 is 2.70 bits per heavy atom. The Kier molecular flexibility index (Phi) is 4.19. The van der Waals surface area contributed by atoms with Crippen LogP contribution in [0.15, 0.2) is 39.9 Å². The van der Waals surface area contributed by atoms with Crippen molar-refractivity contribution in [2.75, 3.05) is 11.1 Å². The molecule has 3 rings (SSSR count). The van der Waals surface area contributed by atoms with Gasteiger partial charge in [0.1, 0.15) is 5.82 Å². The largest absolute Gasteiger partial charge is 0.480 e. The first kappa shape index (κ1) is 16.1. The van der Waals surface area contributed by atoms with Gasteiger partial charge in [-0.3, -0.25) is 4.99 Å². The number of thioether (sulfide) groups is 1. The standard InChI is InChI=1S/C17H19FN2O2S/c1-17(2)7-12(19-11-5-3-10(18)4-6-11)15-13(8-17)20-14(9-23-15)16(21)22/h3-6,14,19H,7-9H2,1-2H3,(H,21,22). The van der Waals surface area contributed by atoms with E-state index in [0.717, 1.165) is 34.8 Å². The molecule has 0 saturated carbocycles. The lowest BCUT2D eigenvalue weighted by atomic mass is 9.78. The van der Waals surface area contributed by atoms with Crippen molar-refractivity contribution < 1.29 is 14.3 Å². The minimum absolute atomic E-state index is 0.00561. The molecule has 2 aliphatic rings. The molecule has 0 aromatic heterocycles. The van der Waals surface area contributed by atoms with E-state index in [-0.39, 0.29) is 11.2 Å². The molecular formula is C17H19FN2O2S. The van der Waals surface area contributed by atoms with Crippen LogP contribution in [0.3, 0.4) is 0 Å². The van der Waals surface area contributed by atoms with Crippen LogP contribution in [0.2, 0.25) is 0 Å². The second-order valence-electron chi connectivity index (χ2n) is 6.70. The predicted octanol–water partition coefficient (Wildman–Crippen LogP) is 3.91. The van der Waals surface area contributed by atoms with Crippen LogP contribution in [0.4, 0.5) is 10.1 Å². The van der Waals surface area contributed by atoms with Crippen LogP contribution in [-0.2, 0) is 4.79 Å². The lowest BCUT2D eigenvalue weighted by Gasteiger charge is -2.36. The highest BCUT2D eigenvalue weighted by Crippen LogP contribution is 2.43. The number of hydrogen-bond donors (Lipinski definition) is 2. The molecule has 1 heterocycles. The summed E-state index contributed by atoms with van der Waals surface area (Å²) in [4.78, 5) is 16.7. The molecule has 0 saturated heterocycles. The number of carboxylic acids is 1. The first-order valence-corrected chi connectivity index (χ1v) is 8.51. The average Bonchev–Trinajstić information content (AvgIpc) is 2.47. The third kappa shape index (κ3) is 3.58. The molecule has 122 valence electrons. The number of aliphatic carboxylic acids is 1. The van der Waals surface area contributed by atoms with Gasteiger partial charge in [0.15, 0.2) is 6.04 Å². The van der Waals surface area contributed by atoms with Crippen molar-refractivity contribution in [1.29, 1.82) is 0 Å². The summed E-state index contributed by atoms with van der Waals surface area (Å²) in [6.07, 6.45) is 1.62. The van der Waals surface area contributed by atoms with Crippen molar-refractivity contribution in [2.45, 2.75) is 32.7 Å². The molecule has 1 aliphatic carbocycles. The number of nitrogens with zero attached hydrogens (tertiary/aromatic N) is 1. The molecule has 0 fully saturated rings. The third-order valence-corrected chi connectivity index (χ3v) is 5.21. The predicted molar refractivity (Wildman–Crippen MR) is 91.4 cm³/mol. The smallest absolute Gasteiger partial charge is 0.329 e. The molecule has 1 aliphatic heterocycles. The van der Waals surface area contributed by atoms with E-state index in [0.29, 0.717) is 5.75 Å². The zero-order chi connectivity index (χ0) is 16.6. The Balaban J connectivity index is 1.94. The van der Waals surface area contributed by atoms with Gasteiger partial charge >= 0.3 is 5.97 Å². The fraction of sp³-hybridized carbons (Fsp3) is 0.412. The molecule has 2 N–H and O–H groups in total. The first-order chi connectivity index (χ1) is 10.8. The minimum Gasteiger partial charge on any atom is -0.480 e. The number of halogens is 1. The molecule has 6 heteroatoms. The Morgan fingerprint density at radius 1 is 1.35 bits per heavy atom. The van der Waals surface area contributed by atoms with Crippen LogP contribution in [0.5, 0.6) is 0 Å². The number of benzene rings is 1. The van der Waals surface area contributed by atoms with Crippen molar-refractivity contribution in [1.82, 2.24) is 0 Å². The van der Waals surface area contributed by atoms with Crippen molar-refractivity contribution in [3.05, 3.63) is 40.7 Å². The molecule has 1 aromatic carbocycles. The van der Waals surface area contributed by atoms with Crippen LogP contribution in [0.1, 0.15) is 26.7 Å².